The van der Waals surface area contributed by atoms with E-state index in [-0.39, 0.29) is 27.2 Å². The molecule has 8 heteroatoms. The number of aryl methyl sites for hydroxylation is 1. The SMILES string of the molecule is Cc1ccc(/C=C2/SC(=S)N(c3ccc(O)c(C(=O)O)c3)C2=O)o1. The molecule has 0 aliphatic carbocycles. The van der Waals surface area contributed by atoms with E-state index in [0.717, 1.165) is 17.5 Å². The number of thioether (sulfide) groups is 1. The van der Waals surface area contributed by atoms with Crippen LogP contribution in [0.15, 0.2) is 39.7 Å². The molecule has 0 saturated carbocycles. The molecule has 122 valence electrons. The first kappa shape index (κ1) is 16.3. The second-order valence-electron chi connectivity index (χ2n) is 4.97. The molecule has 2 heterocycles. The highest BCUT2D eigenvalue weighted by atomic mass is 32.2. The van der Waals surface area contributed by atoms with Crippen molar-refractivity contribution in [3.63, 3.8) is 0 Å². The Morgan fingerprint density at radius 2 is 2.08 bits per heavy atom. The van der Waals surface area contributed by atoms with E-state index in [9.17, 15) is 14.7 Å². The Bertz CT molecular complexity index is 900. The van der Waals surface area contributed by atoms with Gasteiger partial charge in [-0.05, 0) is 37.3 Å². The van der Waals surface area contributed by atoms with Crippen molar-refractivity contribution in [1.29, 1.82) is 0 Å². The first-order valence-electron chi connectivity index (χ1n) is 6.77. The largest absolute Gasteiger partial charge is 0.507 e. The van der Waals surface area contributed by atoms with Crippen molar-refractivity contribution in [1.82, 2.24) is 0 Å². The topological polar surface area (TPSA) is 91.0 Å². The summed E-state index contributed by atoms with van der Waals surface area (Å²) in [5.41, 5.74) is -0.0149. The van der Waals surface area contributed by atoms with Gasteiger partial charge < -0.3 is 14.6 Å². The van der Waals surface area contributed by atoms with Crippen molar-refractivity contribution in [2.24, 2.45) is 0 Å². The van der Waals surface area contributed by atoms with Crippen LogP contribution in [0.1, 0.15) is 21.9 Å². The number of thiocarbonyl (C=S) groups is 1. The summed E-state index contributed by atoms with van der Waals surface area (Å²) in [7, 11) is 0. The van der Waals surface area contributed by atoms with E-state index in [2.05, 4.69) is 0 Å². The summed E-state index contributed by atoms with van der Waals surface area (Å²) in [6, 6.07) is 7.39. The molecule has 1 aromatic heterocycles. The molecule has 2 aromatic rings. The van der Waals surface area contributed by atoms with Crippen LogP contribution in [0.3, 0.4) is 0 Å². The molecule has 6 nitrogen and oxygen atoms in total. The van der Waals surface area contributed by atoms with E-state index in [1.807, 2.05) is 0 Å². The number of aromatic carboxylic acids is 1. The quantitative estimate of drug-likeness (QED) is 0.639. The molecule has 1 saturated heterocycles. The normalized spacial score (nSPS) is 16.2. The van der Waals surface area contributed by atoms with Crippen LogP contribution in [0, 0.1) is 6.92 Å². The Hall–Kier alpha value is -2.58. The Labute approximate surface area is 146 Å². The molecule has 2 N–H and O–H groups in total. The monoisotopic (exact) mass is 361 g/mol. The number of hydrogen-bond donors (Lipinski definition) is 2. The average molecular weight is 361 g/mol. The van der Waals surface area contributed by atoms with Gasteiger partial charge in [-0.1, -0.05) is 24.0 Å². The van der Waals surface area contributed by atoms with E-state index >= 15 is 0 Å². The molecule has 1 amide bonds. The third-order valence-electron chi connectivity index (χ3n) is 3.30. The molecular formula is C16H11NO5S2. The number of carbonyl (C=O) groups is 2. The fraction of sp³-hybridized carbons (Fsp3) is 0.0625. The van der Waals surface area contributed by atoms with Gasteiger partial charge in [-0.15, -0.1) is 0 Å². The van der Waals surface area contributed by atoms with E-state index in [0.29, 0.717) is 10.7 Å². The predicted octanol–water partition coefficient (Wildman–Crippen LogP) is 3.40. The summed E-state index contributed by atoms with van der Waals surface area (Å²) in [5, 5.41) is 18.7. The standard InChI is InChI=1S/C16H11NO5S2/c1-8-2-4-10(22-8)7-13-14(19)17(16(23)24-13)9-3-5-12(18)11(6-9)15(20)21/h2-7,18H,1H3,(H,20,21)/b13-7+. The number of carboxylic acids is 1. The minimum atomic E-state index is -1.29. The van der Waals surface area contributed by atoms with Crippen LogP contribution >= 0.6 is 24.0 Å². The van der Waals surface area contributed by atoms with Crippen LogP contribution < -0.4 is 4.90 Å². The van der Waals surface area contributed by atoms with Crippen LogP contribution in [0.25, 0.3) is 6.08 Å². The van der Waals surface area contributed by atoms with E-state index < -0.39 is 5.97 Å². The van der Waals surface area contributed by atoms with Gasteiger partial charge in [-0.25, -0.2) is 4.79 Å². The van der Waals surface area contributed by atoms with Crippen LogP contribution in [0.5, 0.6) is 5.75 Å². The second-order valence-corrected chi connectivity index (χ2v) is 6.65. The predicted molar refractivity (Wildman–Crippen MR) is 94.2 cm³/mol. The van der Waals surface area contributed by atoms with Gasteiger partial charge in [-0.2, -0.15) is 0 Å². The fourth-order valence-electron chi connectivity index (χ4n) is 2.18. The van der Waals surface area contributed by atoms with Crippen molar-refractivity contribution in [3.8, 4) is 5.75 Å². The fourth-order valence-corrected chi connectivity index (χ4v) is 3.46. The van der Waals surface area contributed by atoms with Gasteiger partial charge in [0.15, 0.2) is 4.32 Å². The summed E-state index contributed by atoms with van der Waals surface area (Å²) in [6.45, 7) is 1.80. The number of furan rings is 1. The third-order valence-corrected chi connectivity index (χ3v) is 4.60. The lowest BCUT2D eigenvalue weighted by Crippen LogP contribution is -2.27. The highest BCUT2D eigenvalue weighted by Crippen LogP contribution is 2.37. The Kier molecular flexibility index (Phi) is 4.16. The molecule has 0 unspecified atom stereocenters. The lowest BCUT2D eigenvalue weighted by Gasteiger charge is -2.15. The number of benzene rings is 1. The molecular weight excluding hydrogens is 350 g/mol. The molecule has 1 fully saturated rings. The van der Waals surface area contributed by atoms with Gasteiger partial charge in [-0.3, -0.25) is 9.69 Å². The number of aromatic hydroxyl groups is 1. The number of anilines is 1. The lowest BCUT2D eigenvalue weighted by atomic mass is 10.1. The van der Waals surface area contributed by atoms with Crippen LogP contribution in [-0.2, 0) is 4.79 Å². The Balaban J connectivity index is 1.97. The summed E-state index contributed by atoms with van der Waals surface area (Å²) in [6.07, 6.45) is 1.59. The Morgan fingerprint density at radius 1 is 1.33 bits per heavy atom. The van der Waals surface area contributed by atoms with Gasteiger partial charge in [0.1, 0.15) is 22.8 Å². The van der Waals surface area contributed by atoms with Crippen molar-refractivity contribution in [3.05, 3.63) is 52.3 Å². The first-order chi connectivity index (χ1) is 11.4. The van der Waals surface area contributed by atoms with Crippen LogP contribution in [0.2, 0.25) is 0 Å². The van der Waals surface area contributed by atoms with Gasteiger partial charge in [0.25, 0.3) is 5.91 Å². The molecule has 0 atom stereocenters. The van der Waals surface area contributed by atoms with Crippen molar-refractivity contribution >= 4 is 51.9 Å². The highest BCUT2D eigenvalue weighted by Gasteiger charge is 2.34. The van der Waals surface area contributed by atoms with E-state index in [1.54, 1.807) is 25.1 Å². The summed E-state index contributed by atoms with van der Waals surface area (Å²) in [4.78, 5) is 25.3. The second kappa shape index (κ2) is 6.14. The zero-order valence-corrected chi connectivity index (χ0v) is 14.0. The zero-order chi connectivity index (χ0) is 17.4. The van der Waals surface area contributed by atoms with E-state index in [1.165, 1.54) is 23.1 Å². The molecule has 1 aliphatic heterocycles. The molecule has 0 bridgehead atoms. The minimum Gasteiger partial charge on any atom is -0.507 e. The molecule has 0 spiro atoms. The van der Waals surface area contributed by atoms with Crippen LogP contribution in [-0.4, -0.2) is 26.4 Å². The maximum Gasteiger partial charge on any atom is 0.339 e. The number of phenols is 1. The smallest absolute Gasteiger partial charge is 0.339 e. The maximum absolute atomic E-state index is 12.6. The number of hydrogen-bond acceptors (Lipinski definition) is 6. The number of carbonyl (C=O) groups excluding carboxylic acids is 1. The third kappa shape index (κ3) is 2.93. The summed E-state index contributed by atoms with van der Waals surface area (Å²) < 4.78 is 5.70. The Morgan fingerprint density at radius 3 is 2.71 bits per heavy atom. The number of rotatable bonds is 3. The molecule has 1 aliphatic rings. The van der Waals surface area contributed by atoms with Crippen molar-refractivity contribution < 1.29 is 24.2 Å². The van der Waals surface area contributed by atoms with Crippen molar-refractivity contribution in [2.45, 2.75) is 6.92 Å². The highest BCUT2D eigenvalue weighted by molar-refractivity contribution is 8.27. The molecule has 1 aromatic carbocycles. The molecule has 3 rings (SSSR count). The minimum absolute atomic E-state index is 0.275. The lowest BCUT2D eigenvalue weighted by molar-refractivity contribution is -0.113. The molecule has 0 radical (unpaired) electrons. The van der Waals surface area contributed by atoms with Gasteiger partial charge in [0.2, 0.25) is 0 Å². The summed E-state index contributed by atoms with van der Waals surface area (Å²) >= 11 is 6.32. The number of nitrogens with zero attached hydrogens (tertiary/aromatic N) is 1. The van der Waals surface area contributed by atoms with Gasteiger partial charge in [0, 0.05) is 6.08 Å². The summed E-state index contributed by atoms with van der Waals surface area (Å²) in [5.74, 6) is -0.785. The molecule has 24 heavy (non-hydrogen) atoms. The first-order valence-corrected chi connectivity index (χ1v) is 8.00. The number of carboxylic acid groups (broad SMARTS) is 1. The van der Waals surface area contributed by atoms with Crippen molar-refractivity contribution in [2.75, 3.05) is 4.90 Å². The van der Waals surface area contributed by atoms with Gasteiger partial charge >= 0.3 is 5.97 Å². The zero-order valence-electron chi connectivity index (χ0n) is 12.3. The van der Waals surface area contributed by atoms with Gasteiger partial charge in [0.05, 0.1) is 10.6 Å². The van der Waals surface area contributed by atoms with E-state index in [4.69, 9.17) is 21.7 Å². The van der Waals surface area contributed by atoms with Crippen LogP contribution in [0.4, 0.5) is 5.69 Å². The average Bonchev–Trinajstić information content (AvgIpc) is 3.04. The number of amides is 1. The maximum atomic E-state index is 12.6.